The maximum absolute atomic E-state index is 10.3. The third-order valence-corrected chi connectivity index (χ3v) is 7.21. The van der Waals surface area contributed by atoms with Gasteiger partial charge in [0.25, 0.3) is 0 Å². The molecule has 2 aromatic carbocycles. The van der Waals surface area contributed by atoms with Gasteiger partial charge in [0.2, 0.25) is 0 Å². The lowest BCUT2D eigenvalue weighted by molar-refractivity contribution is 0.279. The van der Waals surface area contributed by atoms with Crippen LogP contribution in [0.4, 0.5) is 0 Å². The molecule has 0 aromatic heterocycles. The first-order chi connectivity index (χ1) is 13.3. The van der Waals surface area contributed by atoms with Gasteiger partial charge >= 0.3 is 0 Å². The second-order valence-corrected chi connectivity index (χ2v) is 10.6. The molecule has 0 unspecified atom stereocenters. The Kier molecular flexibility index (Phi) is 8.27. The smallest absolute Gasteiger partial charge is 0.134 e. The third kappa shape index (κ3) is 5.73. The summed E-state index contributed by atoms with van der Waals surface area (Å²) < 4.78 is 3.24. The number of benzene rings is 2. The third-order valence-electron chi connectivity index (χ3n) is 5.09. The standard InChI is InChI=1S/C20H22Br4N2O2/c21-13-5-11(19(27)15(23)7-13)9-25-17-3-1-2-4-18(17)26-10-12-6-14(22)8-16(24)20(12)28/h5-8,17-18,25-28H,1-4,9-10H2/t17-,18-/m1/s1. The first kappa shape index (κ1) is 22.6. The molecule has 0 radical (unpaired) electrons. The maximum atomic E-state index is 10.3. The Morgan fingerprint density at radius 3 is 1.50 bits per heavy atom. The molecule has 0 aliphatic heterocycles. The van der Waals surface area contributed by atoms with Crippen LogP contribution in [0.25, 0.3) is 0 Å². The monoisotopic (exact) mass is 638 g/mol. The summed E-state index contributed by atoms with van der Waals surface area (Å²) in [6.45, 7) is 1.20. The summed E-state index contributed by atoms with van der Waals surface area (Å²) >= 11 is 13.7. The summed E-state index contributed by atoms with van der Waals surface area (Å²) in [7, 11) is 0. The van der Waals surface area contributed by atoms with E-state index in [9.17, 15) is 10.2 Å². The fourth-order valence-electron chi connectivity index (χ4n) is 3.61. The summed E-state index contributed by atoms with van der Waals surface area (Å²) in [5, 5.41) is 27.8. The number of nitrogens with one attached hydrogen (secondary N) is 2. The van der Waals surface area contributed by atoms with Gasteiger partial charge < -0.3 is 20.8 Å². The molecule has 8 heteroatoms. The fraction of sp³-hybridized carbons (Fsp3) is 0.400. The first-order valence-corrected chi connectivity index (χ1v) is 12.3. The van der Waals surface area contributed by atoms with E-state index in [1.54, 1.807) is 0 Å². The minimum absolute atomic E-state index is 0.278. The molecule has 1 fully saturated rings. The van der Waals surface area contributed by atoms with Crippen molar-refractivity contribution in [2.24, 2.45) is 0 Å². The van der Waals surface area contributed by atoms with Gasteiger partial charge in [0.05, 0.1) is 8.95 Å². The summed E-state index contributed by atoms with van der Waals surface area (Å²) in [5.74, 6) is 0.555. The maximum Gasteiger partial charge on any atom is 0.134 e. The van der Waals surface area contributed by atoms with Gasteiger partial charge in [-0.2, -0.15) is 0 Å². The van der Waals surface area contributed by atoms with Crippen molar-refractivity contribution in [1.82, 2.24) is 10.6 Å². The van der Waals surface area contributed by atoms with Crippen LogP contribution in [0, 0.1) is 0 Å². The van der Waals surface area contributed by atoms with Crippen LogP contribution in [0.5, 0.6) is 11.5 Å². The van der Waals surface area contributed by atoms with Crippen LogP contribution in [-0.4, -0.2) is 22.3 Å². The molecule has 0 heterocycles. The van der Waals surface area contributed by atoms with Crippen molar-refractivity contribution in [3.8, 4) is 11.5 Å². The summed E-state index contributed by atoms with van der Waals surface area (Å²) in [5.41, 5.74) is 1.72. The highest BCUT2D eigenvalue weighted by Crippen LogP contribution is 2.33. The minimum atomic E-state index is 0.278. The van der Waals surface area contributed by atoms with Crippen LogP contribution in [0.2, 0.25) is 0 Å². The van der Waals surface area contributed by atoms with Gasteiger partial charge in [-0.15, -0.1) is 0 Å². The summed E-state index contributed by atoms with van der Waals surface area (Å²) in [6.07, 6.45) is 4.55. The van der Waals surface area contributed by atoms with E-state index < -0.39 is 0 Å². The molecule has 152 valence electrons. The summed E-state index contributed by atoms with van der Waals surface area (Å²) in [4.78, 5) is 0. The number of aromatic hydroxyl groups is 2. The topological polar surface area (TPSA) is 64.5 Å². The molecular weight excluding hydrogens is 620 g/mol. The molecule has 2 aromatic rings. The molecule has 4 N–H and O–H groups in total. The zero-order valence-corrected chi connectivity index (χ0v) is 21.5. The van der Waals surface area contributed by atoms with Gasteiger partial charge in [0.1, 0.15) is 11.5 Å². The largest absolute Gasteiger partial charge is 0.506 e. The second kappa shape index (κ2) is 10.3. The van der Waals surface area contributed by atoms with E-state index in [4.69, 9.17) is 0 Å². The number of halogens is 4. The Bertz CT molecular complexity index is 778. The van der Waals surface area contributed by atoms with Gasteiger partial charge in [-0.3, -0.25) is 0 Å². The molecule has 1 aliphatic carbocycles. The lowest BCUT2D eigenvalue weighted by Crippen LogP contribution is -2.49. The number of rotatable bonds is 6. The molecule has 28 heavy (non-hydrogen) atoms. The number of phenols is 2. The van der Waals surface area contributed by atoms with E-state index in [-0.39, 0.29) is 11.5 Å². The SMILES string of the molecule is Oc1c(Br)cc(Br)cc1CN[C@@H]1CCCC[C@H]1NCc1cc(Br)cc(Br)c1O. The van der Waals surface area contributed by atoms with Crippen molar-refractivity contribution in [2.75, 3.05) is 0 Å². The molecular formula is C20H22Br4N2O2. The highest BCUT2D eigenvalue weighted by molar-refractivity contribution is 9.11. The Balaban J connectivity index is 1.65. The molecule has 1 aliphatic rings. The van der Waals surface area contributed by atoms with Crippen molar-refractivity contribution >= 4 is 63.7 Å². The van der Waals surface area contributed by atoms with Gasteiger partial charge in [0.15, 0.2) is 0 Å². The molecule has 4 nitrogen and oxygen atoms in total. The molecule has 1 saturated carbocycles. The van der Waals surface area contributed by atoms with E-state index in [0.29, 0.717) is 34.1 Å². The quantitative estimate of drug-likeness (QED) is 0.298. The van der Waals surface area contributed by atoms with Gasteiger partial charge in [0, 0.05) is 45.2 Å². The van der Waals surface area contributed by atoms with Crippen LogP contribution in [0.15, 0.2) is 42.2 Å². The van der Waals surface area contributed by atoms with Gasteiger partial charge in [-0.05, 0) is 69.0 Å². The number of hydrogen-bond acceptors (Lipinski definition) is 4. The average molecular weight is 642 g/mol. The lowest BCUT2D eigenvalue weighted by atomic mass is 9.90. The average Bonchev–Trinajstić information content (AvgIpc) is 2.65. The molecule has 2 atom stereocenters. The van der Waals surface area contributed by atoms with Crippen LogP contribution in [0.3, 0.4) is 0 Å². The highest BCUT2D eigenvalue weighted by Gasteiger charge is 2.25. The van der Waals surface area contributed by atoms with Crippen molar-refractivity contribution < 1.29 is 10.2 Å². The molecule has 0 amide bonds. The molecule has 0 spiro atoms. The lowest BCUT2D eigenvalue weighted by Gasteiger charge is -2.33. The van der Waals surface area contributed by atoms with E-state index in [0.717, 1.165) is 32.9 Å². The highest BCUT2D eigenvalue weighted by atomic mass is 79.9. The molecule has 0 saturated heterocycles. The molecule has 3 rings (SSSR count). The number of hydrogen-bond donors (Lipinski definition) is 4. The Morgan fingerprint density at radius 1 is 0.714 bits per heavy atom. The zero-order chi connectivity index (χ0) is 20.3. The Labute approximate surface area is 199 Å². The first-order valence-electron chi connectivity index (χ1n) is 9.15. The number of phenolic OH excluding ortho intramolecular Hbond substituents is 2. The van der Waals surface area contributed by atoms with Crippen molar-refractivity contribution in [1.29, 1.82) is 0 Å². The van der Waals surface area contributed by atoms with Crippen molar-refractivity contribution in [2.45, 2.75) is 50.9 Å². The summed E-state index contributed by atoms with van der Waals surface area (Å²) in [6, 6.07) is 8.18. The van der Waals surface area contributed by atoms with Crippen LogP contribution < -0.4 is 10.6 Å². The van der Waals surface area contributed by atoms with Gasteiger partial charge in [-0.25, -0.2) is 0 Å². The van der Waals surface area contributed by atoms with Gasteiger partial charge in [-0.1, -0.05) is 44.7 Å². The predicted octanol–water partition coefficient (Wildman–Crippen LogP) is 6.34. The van der Waals surface area contributed by atoms with Crippen LogP contribution >= 0.6 is 63.7 Å². The van der Waals surface area contributed by atoms with Crippen molar-refractivity contribution in [3.05, 3.63) is 53.3 Å². The Morgan fingerprint density at radius 2 is 1.11 bits per heavy atom. The normalized spacial score (nSPS) is 19.7. The second-order valence-electron chi connectivity index (χ2n) is 7.05. The van der Waals surface area contributed by atoms with Crippen LogP contribution in [0.1, 0.15) is 36.8 Å². The van der Waals surface area contributed by atoms with Crippen molar-refractivity contribution in [3.63, 3.8) is 0 Å². The van der Waals surface area contributed by atoms with E-state index in [1.807, 2.05) is 24.3 Å². The van der Waals surface area contributed by atoms with Crippen LogP contribution in [-0.2, 0) is 13.1 Å². The predicted molar refractivity (Wildman–Crippen MR) is 127 cm³/mol. The minimum Gasteiger partial charge on any atom is -0.506 e. The molecule has 0 bridgehead atoms. The Hall–Kier alpha value is -0.120. The van der Waals surface area contributed by atoms with E-state index in [1.165, 1.54) is 12.8 Å². The van der Waals surface area contributed by atoms with E-state index in [2.05, 4.69) is 74.4 Å². The zero-order valence-electron chi connectivity index (χ0n) is 15.1. The van der Waals surface area contributed by atoms with E-state index >= 15 is 0 Å². The fourth-order valence-corrected chi connectivity index (χ4v) is 6.24.